The van der Waals surface area contributed by atoms with Crippen molar-refractivity contribution in [3.8, 4) is 0 Å². The fraction of sp³-hybridized carbons (Fsp3) is 0.400. The number of anilines is 1. The Morgan fingerprint density at radius 1 is 1.46 bits per heavy atom. The predicted octanol–water partition coefficient (Wildman–Crippen LogP) is 0.858. The second-order valence-corrected chi connectivity index (χ2v) is 3.02. The van der Waals surface area contributed by atoms with Gasteiger partial charge in [0.25, 0.3) is 0 Å². The van der Waals surface area contributed by atoms with Crippen LogP contribution < -0.4 is 11.1 Å². The molecule has 1 rings (SSSR count). The molecule has 0 heterocycles. The van der Waals surface area contributed by atoms with Gasteiger partial charge in [-0.2, -0.15) is 0 Å². The molecular weight excluding hydrogens is 164 g/mol. The molecule has 0 saturated carbocycles. The maximum absolute atomic E-state index is 8.65. The molecule has 0 fully saturated rings. The molecular formula is C10H16N2O. The van der Waals surface area contributed by atoms with Crippen molar-refractivity contribution in [3.05, 3.63) is 29.3 Å². The molecule has 72 valence electrons. The second-order valence-electron chi connectivity index (χ2n) is 3.02. The lowest BCUT2D eigenvalue weighted by Crippen LogP contribution is -2.09. The second kappa shape index (κ2) is 4.84. The van der Waals surface area contributed by atoms with Crippen LogP contribution in [0.5, 0.6) is 0 Å². The van der Waals surface area contributed by atoms with Crippen molar-refractivity contribution < 1.29 is 5.11 Å². The highest BCUT2D eigenvalue weighted by Crippen LogP contribution is 2.16. The van der Waals surface area contributed by atoms with Crippen LogP contribution in [0.15, 0.2) is 18.2 Å². The van der Waals surface area contributed by atoms with Gasteiger partial charge in [0.2, 0.25) is 0 Å². The highest BCUT2D eigenvalue weighted by molar-refractivity contribution is 5.52. The molecule has 0 aliphatic heterocycles. The van der Waals surface area contributed by atoms with Gasteiger partial charge in [-0.3, -0.25) is 0 Å². The van der Waals surface area contributed by atoms with E-state index in [0.717, 1.165) is 11.3 Å². The van der Waals surface area contributed by atoms with Crippen LogP contribution in [0.4, 0.5) is 5.69 Å². The zero-order valence-electron chi connectivity index (χ0n) is 7.88. The van der Waals surface area contributed by atoms with E-state index in [1.165, 1.54) is 5.56 Å². The Hall–Kier alpha value is -1.06. The molecule has 13 heavy (non-hydrogen) atoms. The van der Waals surface area contributed by atoms with Crippen LogP contribution >= 0.6 is 0 Å². The topological polar surface area (TPSA) is 58.3 Å². The minimum absolute atomic E-state index is 0.137. The minimum atomic E-state index is 0.137. The van der Waals surface area contributed by atoms with Crippen LogP contribution in [0.3, 0.4) is 0 Å². The van der Waals surface area contributed by atoms with Crippen molar-refractivity contribution in [2.24, 2.45) is 5.73 Å². The van der Waals surface area contributed by atoms with Gasteiger partial charge >= 0.3 is 0 Å². The number of nitrogens with two attached hydrogens (primary N) is 1. The summed E-state index contributed by atoms with van der Waals surface area (Å²) in [6.45, 7) is 3.26. The molecule has 0 aromatic heterocycles. The largest absolute Gasteiger partial charge is 0.395 e. The van der Waals surface area contributed by atoms with E-state index in [4.69, 9.17) is 10.8 Å². The van der Waals surface area contributed by atoms with Crippen LogP contribution in [-0.2, 0) is 6.54 Å². The molecule has 4 N–H and O–H groups in total. The van der Waals surface area contributed by atoms with E-state index in [0.29, 0.717) is 13.1 Å². The minimum Gasteiger partial charge on any atom is -0.395 e. The van der Waals surface area contributed by atoms with Crippen molar-refractivity contribution in [1.29, 1.82) is 0 Å². The number of aliphatic hydroxyl groups excluding tert-OH is 1. The maximum Gasteiger partial charge on any atom is 0.0604 e. The number of aliphatic hydroxyl groups is 1. The van der Waals surface area contributed by atoms with E-state index >= 15 is 0 Å². The zero-order chi connectivity index (χ0) is 9.68. The van der Waals surface area contributed by atoms with E-state index in [1.54, 1.807) is 0 Å². The Morgan fingerprint density at radius 2 is 2.23 bits per heavy atom. The number of nitrogens with one attached hydrogen (secondary N) is 1. The van der Waals surface area contributed by atoms with Gasteiger partial charge in [-0.15, -0.1) is 0 Å². The number of hydrogen-bond acceptors (Lipinski definition) is 3. The van der Waals surface area contributed by atoms with Crippen molar-refractivity contribution in [2.45, 2.75) is 13.5 Å². The third kappa shape index (κ3) is 2.72. The summed E-state index contributed by atoms with van der Waals surface area (Å²) in [4.78, 5) is 0. The summed E-state index contributed by atoms with van der Waals surface area (Å²) >= 11 is 0. The molecule has 3 heteroatoms. The van der Waals surface area contributed by atoms with Crippen LogP contribution in [0, 0.1) is 6.92 Å². The fourth-order valence-electron chi connectivity index (χ4n) is 1.25. The molecule has 1 aromatic carbocycles. The monoisotopic (exact) mass is 180 g/mol. The summed E-state index contributed by atoms with van der Waals surface area (Å²) in [5, 5.41) is 11.8. The molecule has 0 spiro atoms. The van der Waals surface area contributed by atoms with E-state index in [-0.39, 0.29) is 6.61 Å². The average molecular weight is 180 g/mol. The SMILES string of the molecule is Cc1ccc(NCCO)c(CN)c1. The van der Waals surface area contributed by atoms with E-state index in [2.05, 4.69) is 11.4 Å². The molecule has 0 unspecified atom stereocenters. The Kier molecular flexibility index (Phi) is 3.73. The third-order valence-corrected chi connectivity index (χ3v) is 1.91. The van der Waals surface area contributed by atoms with Crippen molar-refractivity contribution in [1.82, 2.24) is 0 Å². The summed E-state index contributed by atoms with van der Waals surface area (Å²) in [7, 11) is 0. The number of benzene rings is 1. The van der Waals surface area contributed by atoms with Gasteiger partial charge in [-0.1, -0.05) is 17.7 Å². The molecule has 0 amide bonds. The van der Waals surface area contributed by atoms with Crippen LogP contribution in [0.1, 0.15) is 11.1 Å². The van der Waals surface area contributed by atoms with Gasteiger partial charge < -0.3 is 16.2 Å². The molecule has 0 bridgehead atoms. The van der Waals surface area contributed by atoms with Gasteiger partial charge in [0.15, 0.2) is 0 Å². The first-order valence-corrected chi connectivity index (χ1v) is 4.42. The van der Waals surface area contributed by atoms with Gasteiger partial charge in [0.05, 0.1) is 6.61 Å². The predicted molar refractivity (Wildman–Crippen MR) is 54.6 cm³/mol. The van der Waals surface area contributed by atoms with E-state index < -0.39 is 0 Å². The summed E-state index contributed by atoms with van der Waals surface area (Å²) in [6, 6.07) is 6.08. The highest BCUT2D eigenvalue weighted by atomic mass is 16.3. The Balaban J connectivity index is 2.79. The molecule has 0 aliphatic rings. The standard InChI is InChI=1S/C10H16N2O/c1-8-2-3-10(12-4-5-13)9(6-8)7-11/h2-3,6,12-13H,4-5,7,11H2,1H3. The number of hydrogen-bond donors (Lipinski definition) is 3. The first kappa shape index (κ1) is 10.0. The normalized spacial score (nSPS) is 10.1. The molecule has 3 nitrogen and oxygen atoms in total. The quantitative estimate of drug-likeness (QED) is 0.644. The molecule has 0 atom stereocenters. The fourth-order valence-corrected chi connectivity index (χ4v) is 1.25. The lowest BCUT2D eigenvalue weighted by molar-refractivity contribution is 0.311. The average Bonchev–Trinajstić information content (AvgIpc) is 2.16. The number of aryl methyl sites for hydroxylation is 1. The third-order valence-electron chi connectivity index (χ3n) is 1.91. The van der Waals surface area contributed by atoms with Crippen molar-refractivity contribution in [2.75, 3.05) is 18.5 Å². The summed E-state index contributed by atoms with van der Waals surface area (Å²) in [6.07, 6.45) is 0. The van der Waals surface area contributed by atoms with Crippen molar-refractivity contribution in [3.63, 3.8) is 0 Å². The first-order chi connectivity index (χ1) is 6.27. The summed E-state index contributed by atoms with van der Waals surface area (Å²) in [5.41, 5.74) is 8.90. The van der Waals surface area contributed by atoms with Crippen LogP contribution in [0.2, 0.25) is 0 Å². The highest BCUT2D eigenvalue weighted by Gasteiger charge is 1.99. The lowest BCUT2D eigenvalue weighted by atomic mass is 10.1. The summed E-state index contributed by atoms with van der Waals surface area (Å²) < 4.78 is 0. The molecule has 1 aromatic rings. The van der Waals surface area contributed by atoms with Crippen LogP contribution in [0.25, 0.3) is 0 Å². The van der Waals surface area contributed by atoms with Gasteiger partial charge in [-0.25, -0.2) is 0 Å². The first-order valence-electron chi connectivity index (χ1n) is 4.42. The lowest BCUT2D eigenvalue weighted by Gasteiger charge is -2.10. The molecule has 0 aliphatic carbocycles. The Labute approximate surface area is 78.6 Å². The Morgan fingerprint density at radius 3 is 2.85 bits per heavy atom. The molecule has 0 radical (unpaired) electrons. The maximum atomic E-state index is 8.65. The smallest absolute Gasteiger partial charge is 0.0604 e. The van der Waals surface area contributed by atoms with Gasteiger partial charge in [0.1, 0.15) is 0 Å². The van der Waals surface area contributed by atoms with Gasteiger partial charge in [-0.05, 0) is 18.6 Å². The van der Waals surface area contributed by atoms with E-state index in [1.807, 2.05) is 19.1 Å². The van der Waals surface area contributed by atoms with Crippen LogP contribution in [-0.4, -0.2) is 18.3 Å². The summed E-state index contributed by atoms with van der Waals surface area (Å²) in [5.74, 6) is 0. The number of rotatable bonds is 4. The Bertz CT molecular complexity index is 274. The zero-order valence-corrected chi connectivity index (χ0v) is 7.88. The van der Waals surface area contributed by atoms with Gasteiger partial charge in [0, 0.05) is 18.8 Å². The van der Waals surface area contributed by atoms with E-state index in [9.17, 15) is 0 Å². The molecule has 0 saturated heterocycles. The van der Waals surface area contributed by atoms with Crippen molar-refractivity contribution >= 4 is 5.69 Å².